The summed E-state index contributed by atoms with van der Waals surface area (Å²) in [5.41, 5.74) is 0.476. The number of hydrogen-bond acceptors (Lipinski definition) is 6. The van der Waals surface area contributed by atoms with E-state index in [0.29, 0.717) is 44.6 Å². The Kier molecular flexibility index (Phi) is 9.10. The third-order valence-corrected chi connectivity index (χ3v) is 8.50. The van der Waals surface area contributed by atoms with E-state index in [4.69, 9.17) is 4.74 Å². The lowest BCUT2D eigenvalue weighted by Crippen LogP contribution is -2.58. The number of imidazole rings is 1. The molecule has 0 spiro atoms. The van der Waals surface area contributed by atoms with E-state index in [0.717, 1.165) is 24.0 Å². The van der Waals surface area contributed by atoms with Crippen LogP contribution in [0.4, 0.5) is 4.79 Å². The number of aliphatic hydroxyl groups is 1. The van der Waals surface area contributed by atoms with Gasteiger partial charge in [-0.3, -0.25) is 9.59 Å². The van der Waals surface area contributed by atoms with Crippen LogP contribution in [0.5, 0.6) is 0 Å². The van der Waals surface area contributed by atoms with Crippen molar-refractivity contribution in [1.82, 2.24) is 19.4 Å². The smallest absolute Gasteiger partial charge is 0.410 e. The fourth-order valence-electron chi connectivity index (χ4n) is 6.52. The Hall–Kier alpha value is -4.18. The molecule has 3 atom stereocenters. The summed E-state index contributed by atoms with van der Waals surface area (Å²) in [6.45, 7) is 6.40. The first-order valence-electron chi connectivity index (χ1n) is 15.3. The van der Waals surface area contributed by atoms with Gasteiger partial charge in [0, 0.05) is 25.2 Å². The maximum atomic E-state index is 14.5. The summed E-state index contributed by atoms with van der Waals surface area (Å²) in [4.78, 5) is 47.4. The van der Waals surface area contributed by atoms with Gasteiger partial charge in [0.25, 0.3) is 5.91 Å². The maximum absolute atomic E-state index is 14.5. The van der Waals surface area contributed by atoms with E-state index in [9.17, 15) is 24.6 Å². The third kappa shape index (κ3) is 6.96. The first-order valence-corrected chi connectivity index (χ1v) is 15.3. The second kappa shape index (κ2) is 12.8. The van der Waals surface area contributed by atoms with Crippen molar-refractivity contribution in [3.05, 3.63) is 78.2 Å². The number of ether oxygens (including phenoxy) is 1. The zero-order valence-corrected chi connectivity index (χ0v) is 25.7. The van der Waals surface area contributed by atoms with E-state index in [1.54, 1.807) is 16.1 Å². The molecule has 1 aromatic heterocycles. The molecule has 1 saturated carbocycles. The number of nitrogens with zero attached hydrogens (tertiary/aromatic N) is 4. The highest BCUT2D eigenvalue weighted by molar-refractivity contribution is 5.98. The fraction of sp³-hybridized carbons (Fsp3) is 0.471. The van der Waals surface area contributed by atoms with Crippen LogP contribution in [0.1, 0.15) is 75.0 Å². The van der Waals surface area contributed by atoms with Crippen molar-refractivity contribution in [3.8, 4) is 11.3 Å². The Balaban J connectivity index is 1.52. The molecule has 3 aromatic rings. The van der Waals surface area contributed by atoms with Gasteiger partial charge < -0.3 is 29.3 Å². The van der Waals surface area contributed by atoms with Gasteiger partial charge in [-0.15, -0.1) is 0 Å². The van der Waals surface area contributed by atoms with E-state index in [2.05, 4.69) is 4.98 Å². The van der Waals surface area contributed by atoms with Crippen molar-refractivity contribution in [2.45, 2.75) is 82.6 Å². The molecular formula is C34H42N4O6. The molecule has 1 aliphatic carbocycles. The minimum atomic E-state index is -1.47. The topological polar surface area (TPSA) is 125 Å². The van der Waals surface area contributed by atoms with Gasteiger partial charge in [-0.05, 0) is 45.6 Å². The average molecular weight is 603 g/mol. The van der Waals surface area contributed by atoms with Crippen LogP contribution >= 0.6 is 0 Å². The van der Waals surface area contributed by atoms with Crippen molar-refractivity contribution >= 4 is 18.0 Å². The zero-order valence-electron chi connectivity index (χ0n) is 25.7. The zero-order chi connectivity index (χ0) is 31.5. The standard InChI is InChI=1S/C34H42N4O6/c1-33(2,3)44-32(42)36-18-19-37(26(22-36)20-24-12-6-4-7-13-24)31(41)29-30(25-14-8-5-9-15-25)38(23-35-29)27-16-10-11-17-34(27,43)21-28(39)40/h4-9,12-15,23,26-27,43H,10-11,16-22H2,1-3H3,(H,39,40)/t26-,27+,34?/m1/s1. The van der Waals surface area contributed by atoms with Gasteiger partial charge in [0.2, 0.25) is 0 Å². The number of aromatic nitrogens is 2. The first-order chi connectivity index (χ1) is 20.9. The molecular weight excluding hydrogens is 560 g/mol. The molecule has 2 heterocycles. The number of aliphatic carboxylic acids is 1. The van der Waals surface area contributed by atoms with Gasteiger partial charge in [0.05, 0.1) is 36.1 Å². The number of carboxylic acid groups (broad SMARTS) is 1. The molecule has 2 amide bonds. The lowest BCUT2D eigenvalue weighted by atomic mass is 9.77. The largest absolute Gasteiger partial charge is 0.481 e. The fourth-order valence-corrected chi connectivity index (χ4v) is 6.52. The first kappa shape index (κ1) is 31.3. The Morgan fingerprint density at radius 1 is 1.00 bits per heavy atom. The Bertz CT molecular complexity index is 1470. The summed E-state index contributed by atoms with van der Waals surface area (Å²) in [6.07, 6.45) is 3.78. The Morgan fingerprint density at radius 3 is 2.34 bits per heavy atom. The van der Waals surface area contributed by atoms with Gasteiger partial charge >= 0.3 is 12.1 Å². The third-order valence-electron chi connectivity index (χ3n) is 8.50. The van der Waals surface area contributed by atoms with Crippen LogP contribution in [0, 0.1) is 0 Å². The number of amides is 2. The van der Waals surface area contributed by atoms with Crippen molar-refractivity contribution in [3.63, 3.8) is 0 Å². The number of carbonyl (C=O) groups excluding carboxylic acids is 2. The van der Waals surface area contributed by atoms with Gasteiger partial charge in [0.1, 0.15) is 5.60 Å². The molecule has 44 heavy (non-hydrogen) atoms. The molecule has 10 nitrogen and oxygen atoms in total. The van der Waals surface area contributed by atoms with Crippen molar-refractivity contribution in [2.24, 2.45) is 0 Å². The SMILES string of the molecule is CC(C)(C)OC(=O)N1CCN(C(=O)c2ncn([C@H]3CCCCC3(O)CC(=O)O)c2-c2ccccc2)[C@H](Cc2ccccc2)C1. The quantitative estimate of drug-likeness (QED) is 0.382. The number of benzene rings is 2. The number of rotatable bonds is 7. The monoisotopic (exact) mass is 602 g/mol. The van der Waals surface area contributed by atoms with Gasteiger partial charge in [-0.2, -0.15) is 0 Å². The van der Waals surface area contributed by atoms with E-state index in [1.165, 1.54) is 0 Å². The van der Waals surface area contributed by atoms with E-state index >= 15 is 0 Å². The summed E-state index contributed by atoms with van der Waals surface area (Å²) in [7, 11) is 0. The summed E-state index contributed by atoms with van der Waals surface area (Å²) in [6, 6.07) is 18.4. The van der Waals surface area contributed by atoms with Gasteiger partial charge in [-0.1, -0.05) is 73.5 Å². The van der Waals surface area contributed by atoms with Crippen LogP contribution in [0.25, 0.3) is 11.3 Å². The molecule has 234 valence electrons. The minimum absolute atomic E-state index is 0.239. The molecule has 2 fully saturated rings. The number of hydrogen-bond donors (Lipinski definition) is 2. The number of carboxylic acids is 1. The molecule has 2 aromatic carbocycles. The Morgan fingerprint density at radius 2 is 1.68 bits per heavy atom. The van der Waals surface area contributed by atoms with Gasteiger partial charge in [0.15, 0.2) is 5.69 Å². The van der Waals surface area contributed by atoms with Crippen LogP contribution in [-0.4, -0.2) is 84.4 Å². The summed E-state index contributed by atoms with van der Waals surface area (Å²) >= 11 is 0. The molecule has 10 heteroatoms. The lowest BCUT2D eigenvalue weighted by molar-refractivity contribution is -0.146. The van der Waals surface area contributed by atoms with Crippen LogP contribution in [-0.2, 0) is 16.0 Å². The van der Waals surface area contributed by atoms with Crippen molar-refractivity contribution < 1.29 is 29.3 Å². The lowest BCUT2D eigenvalue weighted by Gasteiger charge is -2.42. The predicted molar refractivity (Wildman–Crippen MR) is 165 cm³/mol. The summed E-state index contributed by atoms with van der Waals surface area (Å²) < 4.78 is 7.47. The molecule has 2 aliphatic rings. The van der Waals surface area contributed by atoms with Crippen LogP contribution < -0.4 is 0 Å². The van der Waals surface area contributed by atoms with E-state index in [1.807, 2.05) is 86.0 Å². The number of carbonyl (C=O) groups is 3. The maximum Gasteiger partial charge on any atom is 0.410 e. The molecule has 0 bridgehead atoms. The van der Waals surface area contributed by atoms with Crippen molar-refractivity contribution in [2.75, 3.05) is 19.6 Å². The van der Waals surface area contributed by atoms with E-state index in [-0.39, 0.29) is 24.1 Å². The Labute approximate surface area is 258 Å². The molecule has 1 unspecified atom stereocenters. The molecule has 2 N–H and O–H groups in total. The predicted octanol–water partition coefficient (Wildman–Crippen LogP) is 5.18. The summed E-state index contributed by atoms with van der Waals surface area (Å²) in [5.74, 6) is -1.34. The second-order valence-electron chi connectivity index (χ2n) is 12.9. The highest BCUT2D eigenvalue weighted by Crippen LogP contribution is 2.42. The van der Waals surface area contributed by atoms with Crippen molar-refractivity contribution in [1.29, 1.82) is 0 Å². The number of piperazine rings is 1. The minimum Gasteiger partial charge on any atom is -0.481 e. The van der Waals surface area contributed by atoms with Crippen LogP contribution in [0.2, 0.25) is 0 Å². The molecule has 1 aliphatic heterocycles. The summed E-state index contributed by atoms with van der Waals surface area (Å²) in [5, 5.41) is 21.3. The second-order valence-corrected chi connectivity index (χ2v) is 12.9. The molecule has 1 saturated heterocycles. The normalized spacial score (nSPS) is 22.5. The highest BCUT2D eigenvalue weighted by Gasteiger charge is 2.44. The molecule has 0 radical (unpaired) electrons. The van der Waals surface area contributed by atoms with Crippen LogP contribution in [0.3, 0.4) is 0 Å². The highest BCUT2D eigenvalue weighted by atomic mass is 16.6. The van der Waals surface area contributed by atoms with E-state index < -0.39 is 29.3 Å². The van der Waals surface area contributed by atoms with Gasteiger partial charge in [-0.25, -0.2) is 9.78 Å². The average Bonchev–Trinajstić information content (AvgIpc) is 3.41. The van der Waals surface area contributed by atoms with Crippen LogP contribution in [0.15, 0.2) is 67.0 Å². The molecule has 5 rings (SSSR count).